The second-order valence-corrected chi connectivity index (χ2v) is 8.02. The number of carbonyl (C=O) groups excluding carboxylic acids is 2. The van der Waals surface area contributed by atoms with Gasteiger partial charge in [-0.15, -0.1) is 0 Å². The van der Waals surface area contributed by atoms with Gasteiger partial charge in [-0.2, -0.15) is 13.2 Å². The van der Waals surface area contributed by atoms with Crippen LogP contribution in [-0.2, 0) is 15.8 Å². The van der Waals surface area contributed by atoms with Gasteiger partial charge >= 0.3 is 6.18 Å². The molecule has 10 heteroatoms. The summed E-state index contributed by atoms with van der Waals surface area (Å²) in [6.07, 6.45) is -3.01. The monoisotopic (exact) mass is 456 g/mol. The Labute approximate surface area is 178 Å². The van der Waals surface area contributed by atoms with E-state index in [1.54, 1.807) is 30.3 Å². The van der Waals surface area contributed by atoms with Crippen LogP contribution in [0.5, 0.6) is 0 Å². The summed E-state index contributed by atoms with van der Waals surface area (Å²) in [5, 5.41) is 2.75. The first-order chi connectivity index (χ1) is 13.6. The minimum absolute atomic E-state index is 0.148. The molecule has 2 amide bonds. The number of rotatable bonds is 4. The van der Waals surface area contributed by atoms with Gasteiger partial charge < -0.3 is 5.32 Å². The van der Waals surface area contributed by atoms with Crippen molar-refractivity contribution in [3.63, 3.8) is 0 Å². The van der Waals surface area contributed by atoms with Crippen molar-refractivity contribution in [1.82, 2.24) is 4.90 Å². The third kappa shape index (κ3) is 5.17. The lowest BCUT2D eigenvalue weighted by Crippen LogP contribution is -2.36. The normalized spacial score (nSPS) is 15.9. The second-order valence-electron chi connectivity index (χ2n) is 5.91. The van der Waals surface area contributed by atoms with E-state index in [0.717, 1.165) is 34.4 Å². The van der Waals surface area contributed by atoms with Crippen LogP contribution in [0.4, 0.5) is 18.9 Å². The average molecular weight is 457 g/mol. The number of hydrogen-bond acceptors (Lipinski definition) is 4. The third-order valence-electron chi connectivity index (χ3n) is 3.85. The van der Waals surface area contributed by atoms with E-state index in [1.807, 2.05) is 0 Å². The fourth-order valence-corrected chi connectivity index (χ4v) is 3.90. The van der Waals surface area contributed by atoms with Crippen molar-refractivity contribution >= 4 is 63.5 Å². The lowest BCUT2D eigenvalue weighted by Gasteiger charge is -2.16. The van der Waals surface area contributed by atoms with Crippen molar-refractivity contribution in [2.24, 2.45) is 0 Å². The predicted molar refractivity (Wildman–Crippen MR) is 111 cm³/mol. The summed E-state index contributed by atoms with van der Waals surface area (Å²) in [4.78, 5) is 26.2. The highest BCUT2D eigenvalue weighted by Crippen LogP contribution is 2.35. The molecule has 1 N–H and O–H groups in total. The summed E-state index contributed by atoms with van der Waals surface area (Å²) in [5.74, 6) is -1.28. The first-order valence-corrected chi connectivity index (χ1v) is 9.72. The van der Waals surface area contributed by atoms with E-state index >= 15 is 0 Å². The van der Waals surface area contributed by atoms with E-state index in [0.29, 0.717) is 9.93 Å². The van der Waals surface area contributed by atoms with Crippen LogP contribution in [0.25, 0.3) is 6.08 Å². The van der Waals surface area contributed by atoms with Gasteiger partial charge in [0.1, 0.15) is 10.9 Å². The molecular weight excluding hydrogens is 445 g/mol. The topological polar surface area (TPSA) is 49.4 Å². The number of amides is 2. The number of hydrogen-bond donors (Lipinski definition) is 1. The molecule has 4 nitrogen and oxygen atoms in total. The molecule has 3 rings (SSSR count). The van der Waals surface area contributed by atoms with E-state index in [4.69, 9.17) is 23.8 Å². The van der Waals surface area contributed by atoms with E-state index in [2.05, 4.69) is 5.32 Å². The number of carbonyl (C=O) groups is 2. The third-order valence-corrected chi connectivity index (χ3v) is 5.48. The molecule has 1 aliphatic heterocycles. The van der Waals surface area contributed by atoms with Crippen LogP contribution in [-0.4, -0.2) is 27.6 Å². The van der Waals surface area contributed by atoms with Crippen LogP contribution in [0.1, 0.15) is 11.1 Å². The molecule has 0 aliphatic carbocycles. The van der Waals surface area contributed by atoms with Crippen LogP contribution in [0.15, 0.2) is 53.4 Å². The van der Waals surface area contributed by atoms with E-state index < -0.39 is 30.1 Å². The molecule has 1 heterocycles. The number of thioether (sulfide) groups is 1. The molecule has 0 atom stereocenters. The van der Waals surface area contributed by atoms with Crippen LogP contribution in [0.2, 0.25) is 5.02 Å². The fraction of sp³-hybridized carbons (Fsp3) is 0.105. The molecule has 150 valence electrons. The number of thiocarbonyl (C=S) groups is 1. The molecule has 0 radical (unpaired) electrons. The lowest BCUT2D eigenvalue weighted by atomic mass is 10.1. The van der Waals surface area contributed by atoms with Gasteiger partial charge in [-0.25, -0.2) is 0 Å². The second kappa shape index (κ2) is 8.56. The first kappa shape index (κ1) is 21.4. The number of nitrogens with zero attached hydrogens (tertiary/aromatic N) is 1. The number of halogens is 4. The van der Waals surface area contributed by atoms with E-state index in [9.17, 15) is 22.8 Å². The van der Waals surface area contributed by atoms with Crippen molar-refractivity contribution < 1.29 is 22.8 Å². The van der Waals surface area contributed by atoms with Gasteiger partial charge in [-0.1, -0.05) is 59.8 Å². The lowest BCUT2D eigenvalue weighted by molar-refractivity contribution is -0.137. The molecule has 0 bridgehead atoms. The van der Waals surface area contributed by atoms with Gasteiger partial charge in [-0.3, -0.25) is 14.5 Å². The maximum absolute atomic E-state index is 13.1. The van der Waals surface area contributed by atoms with Crippen molar-refractivity contribution in [2.45, 2.75) is 6.18 Å². The molecule has 1 fully saturated rings. The Bertz CT molecular complexity index is 1010. The number of para-hydroxylation sites is 1. The Balaban J connectivity index is 1.72. The molecule has 0 saturated carbocycles. The van der Waals surface area contributed by atoms with Gasteiger partial charge in [0, 0.05) is 5.02 Å². The zero-order valence-electron chi connectivity index (χ0n) is 14.5. The molecule has 1 saturated heterocycles. The largest absolute Gasteiger partial charge is 0.418 e. The van der Waals surface area contributed by atoms with Crippen LogP contribution in [0.3, 0.4) is 0 Å². The van der Waals surface area contributed by atoms with Crippen LogP contribution >= 0.6 is 35.6 Å². The SMILES string of the molecule is O=C(CN1C(=O)/C(=C/c2ccc(Cl)cc2)SC1=S)Nc1ccccc1C(F)(F)F. The fourth-order valence-electron chi connectivity index (χ4n) is 2.52. The van der Waals surface area contributed by atoms with Gasteiger partial charge in [0.05, 0.1) is 16.2 Å². The molecule has 0 spiro atoms. The zero-order chi connectivity index (χ0) is 21.2. The Morgan fingerprint density at radius 3 is 2.48 bits per heavy atom. The van der Waals surface area contributed by atoms with Crippen molar-refractivity contribution in [2.75, 3.05) is 11.9 Å². The minimum Gasteiger partial charge on any atom is -0.324 e. The summed E-state index contributed by atoms with van der Waals surface area (Å²) >= 11 is 12.0. The molecule has 29 heavy (non-hydrogen) atoms. The van der Waals surface area contributed by atoms with E-state index in [-0.39, 0.29) is 10.0 Å². The molecule has 2 aromatic carbocycles. The van der Waals surface area contributed by atoms with Gasteiger partial charge in [0.15, 0.2) is 0 Å². The molecule has 2 aromatic rings. The molecule has 0 aromatic heterocycles. The predicted octanol–water partition coefficient (Wildman–Crippen LogP) is 5.20. The number of benzene rings is 2. The van der Waals surface area contributed by atoms with Crippen molar-refractivity contribution in [3.8, 4) is 0 Å². The number of alkyl halides is 3. The zero-order valence-corrected chi connectivity index (χ0v) is 16.9. The van der Waals surface area contributed by atoms with Gasteiger partial charge in [0.2, 0.25) is 5.91 Å². The number of nitrogens with one attached hydrogen (secondary N) is 1. The highest BCUT2D eigenvalue weighted by molar-refractivity contribution is 8.26. The van der Waals surface area contributed by atoms with Crippen LogP contribution < -0.4 is 5.32 Å². The highest BCUT2D eigenvalue weighted by atomic mass is 35.5. The molecule has 1 aliphatic rings. The molecular formula is C19H12ClF3N2O2S2. The van der Waals surface area contributed by atoms with Crippen LogP contribution in [0, 0.1) is 0 Å². The minimum atomic E-state index is -4.62. The summed E-state index contributed by atoms with van der Waals surface area (Å²) in [6, 6.07) is 11.4. The van der Waals surface area contributed by atoms with E-state index in [1.165, 1.54) is 12.1 Å². The summed E-state index contributed by atoms with van der Waals surface area (Å²) in [5.41, 5.74) is -0.632. The maximum atomic E-state index is 13.1. The smallest absolute Gasteiger partial charge is 0.324 e. The Kier molecular flexibility index (Phi) is 6.30. The summed E-state index contributed by atoms with van der Waals surface area (Å²) in [6.45, 7) is -0.491. The standard InChI is InChI=1S/C19H12ClF3N2O2S2/c20-12-7-5-11(6-8-12)9-15-17(27)25(18(28)29-15)10-16(26)24-14-4-2-1-3-13(14)19(21,22)23/h1-9H,10H2,(H,24,26)/b15-9-. The highest BCUT2D eigenvalue weighted by Gasteiger charge is 2.35. The van der Waals surface area contributed by atoms with Crippen molar-refractivity contribution in [1.29, 1.82) is 0 Å². The summed E-state index contributed by atoms with van der Waals surface area (Å²) in [7, 11) is 0. The summed E-state index contributed by atoms with van der Waals surface area (Å²) < 4.78 is 39.3. The Hall–Kier alpha value is -2.36. The molecule has 0 unspecified atom stereocenters. The average Bonchev–Trinajstić information content (AvgIpc) is 2.90. The van der Waals surface area contributed by atoms with Gasteiger partial charge in [0.25, 0.3) is 5.91 Å². The quantitative estimate of drug-likeness (QED) is 0.507. The maximum Gasteiger partial charge on any atom is 0.418 e. The Morgan fingerprint density at radius 2 is 1.83 bits per heavy atom. The first-order valence-electron chi connectivity index (χ1n) is 8.12. The van der Waals surface area contributed by atoms with Gasteiger partial charge in [-0.05, 0) is 35.9 Å². The number of anilines is 1. The van der Waals surface area contributed by atoms with Crippen molar-refractivity contribution in [3.05, 3.63) is 69.6 Å². The Morgan fingerprint density at radius 1 is 1.17 bits per heavy atom.